The molecule has 0 unspecified atom stereocenters. The fraction of sp³-hybridized carbons (Fsp3) is 0.385. The van der Waals surface area contributed by atoms with E-state index in [1.165, 1.54) is 11.1 Å². The van der Waals surface area contributed by atoms with Crippen molar-refractivity contribution in [2.24, 2.45) is 5.41 Å². The van der Waals surface area contributed by atoms with Crippen molar-refractivity contribution in [1.82, 2.24) is 0 Å². The third-order valence-electron chi connectivity index (χ3n) is 2.29. The van der Waals surface area contributed by atoms with E-state index in [1.807, 2.05) is 6.08 Å². The summed E-state index contributed by atoms with van der Waals surface area (Å²) in [4.78, 5) is 0. The summed E-state index contributed by atoms with van der Waals surface area (Å²) in [6.45, 7) is 10.4. The van der Waals surface area contributed by atoms with E-state index in [4.69, 9.17) is 0 Å². The predicted molar refractivity (Wildman–Crippen MR) is 58.9 cm³/mol. The number of rotatable bonds is 3. The lowest BCUT2D eigenvalue weighted by atomic mass is 9.86. The molecule has 0 nitrogen and oxygen atoms in total. The second kappa shape index (κ2) is 3.78. The summed E-state index contributed by atoms with van der Waals surface area (Å²) in [6, 6.07) is 8.66. The molecule has 0 saturated carbocycles. The van der Waals surface area contributed by atoms with E-state index in [9.17, 15) is 0 Å². The first-order valence-electron chi connectivity index (χ1n) is 4.73. The summed E-state index contributed by atoms with van der Waals surface area (Å²) in [5.41, 5.74) is 2.93. The average molecular weight is 174 g/mol. The van der Waals surface area contributed by atoms with Gasteiger partial charge in [-0.25, -0.2) is 0 Å². The van der Waals surface area contributed by atoms with Crippen LogP contribution in [0.3, 0.4) is 0 Å². The molecular weight excluding hydrogens is 156 g/mol. The van der Waals surface area contributed by atoms with Crippen molar-refractivity contribution in [3.8, 4) is 0 Å². The van der Waals surface area contributed by atoms with Crippen molar-refractivity contribution in [3.05, 3.63) is 48.0 Å². The standard InChI is InChI=1S/C13H18/c1-5-13(3,4)10-12-8-6-7-11(2)9-12/h5-9H,1,10H2,2-4H3. The highest BCUT2D eigenvalue weighted by Gasteiger charge is 2.13. The van der Waals surface area contributed by atoms with Gasteiger partial charge < -0.3 is 0 Å². The van der Waals surface area contributed by atoms with Gasteiger partial charge in [0, 0.05) is 0 Å². The van der Waals surface area contributed by atoms with Crippen molar-refractivity contribution in [3.63, 3.8) is 0 Å². The van der Waals surface area contributed by atoms with E-state index in [0.29, 0.717) is 0 Å². The first kappa shape index (κ1) is 10.0. The summed E-state index contributed by atoms with van der Waals surface area (Å²) in [7, 11) is 0. The van der Waals surface area contributed by atoms with Gasteiger partial charge in [-0.2, -0.15) is 0 Å². The Hall–Kier alpha value is -1.04. The van der Waals surface area contributed by atoms with Gasteiger partial charge in [0.25, 0.3) is 0 Å². The topological polar surface area (TPSA) is 0 Å². The van der Waals surface area contributed by atoms with Crippen LogP contribution in [0.15, 0.2) is 36.9 Å². The monoisotopic (exact) mass is 174 g/mol. The minimum Gasteiger partial charge on any atom is -0.103 e. The molecule has 70 valence electrons. The number of hydrogen-bond acceptors (Lipinski definition) is 0. The number of aryl methyl sites for hydroxylation is 1. The van der Waals surface area contributed by atoms with Crippen molar-refractivity contribution < 1.29 is 0 Å². The number of benzene rings is 1. The van der Waals surface area contributed by atoms with Crippen LogP contribution >= 0.6 is 0 Å². The van der Waals surface area contributed by atoms with Crippen molar-refractivity contribution >= 4 is 0 Å². The third-order valence-corrected chi connectivity index (χ3v) is 2.29. The Balaban J connectivity index is 2.80. The molecule has 1 aromatic carbocycles. The Kier molecular flexibility index (Phi) is 2.92. The lowest BCUT2D eigenvalue weighted by molar-refractivity contribution is 0.479. The van der Waals surface area contributed by atoms with Gasteiger partial charge in [0.05, 0.1) is 0 Å². The van der Waals surface area contributed by atoms with Crippen LogP contribution in [0.4, 0.5) is 0 Å². The zero-order valence-corrected chi connectivity index (χ0v) is 8.80. The highest BCUT2D eigenvalue weighted by atomic mass is 14.2. The second-order valence-corrected chi connectivity index (χ2v) is 4.36. The van der Waals surface area contributed by atoms with Crippen LogP contribution in [-0.4, -0.2) is 0 Å². The van der Waals surface area contributed by atoms with E-state index < -0.39 is 0 Å². The molecule has 1 rings (SSSR count). The molecular formula is C13H18. The van der Waals surface area contributed by atoms with Gasteiger partial charge >= 0.3 is 0 Å². The van der Waals surface area contributed by atoms with Crippen LogP contribution in [0.2, 0.25) is 0 Å². The Morgan fingerprint density at radius 1 is 1.38 bits per heavy atom. The van der Waals surface area contributed by atoms with Crippen molar-refractivity contribution in [2.75, 3.05) is 0 Å². The Bertz CT molecular complexity index is 295. The molecule has 0 heteroatoms. The highest BCUT2D eigenvalue weighted by Crippen LogP contribution is 2.22. The van der Waals surface area contributed by atoms with E-state index in [2.05, 4.69) is 51.6 Å². The number of allylic oxidation sites excluding steroid dienone is 1. The van der Waals surface area contributed by atoms with Crippen LogP contribution in [0.1, 0.15) is 25.0 Å². The normalized spacial score (nSPS) is 11.3. The zero-order chi connectivity index (χ0) is 9.90. The van der Waals surface area contributed by atoms with Crippen molar-refractivity contribution in [1.29, 1.82) is 0 Å². The van der Waals surface area contributed by atoms with Gasteiger partial charge in [-0.05, 0) is 24.3 Å². The molecule has 0 aliphatic rings. The molecule has 0 spiro atoms. The molecule has 13 heavy (non-hydrogen) atoms. The highest BCUT2D eigenvalue weighted by molar-refractivity contribution is 5.23. The molecule has 0 atom stereocenters. The van der Waals surface area contributed by atoms with Crippen LogP contribution in [0, 0.1) is 12.3 Å². The Labute approximate surface area is 81.3 Å². The lowest BCUT2D eigenvalue weighted by Crippen LogP contribution is -2.10. The smallest absolute Gasteiger partial charge is 0.0137 e. The molecule has 0 saturated heterocycles. The summed E-state index contributed by atoms with van der Waals surface area (Å²) in [5, 5.41) is 0. The fourth-order valence-electron chi connectivity index (χ4n) is 1.42. The maximum Gasteiger partial charge on any atom is -0.0137 e. The zero-order valence-electron chi connectivity index (χ0n) is 8.80. The summed E-state index contributed by atoms with van der Waals surface area (Å²) < 4.78 is 0. The van der Waals surface area contributed by atoms with Gasteiger partial charge in [0.1, 0.15) is 0 Å². The molecule has 0 bridgehead atoms. The van der Waals surface area contributed by atoms with Gasteiger partial charge in [-0.1, -0.05) is 49.8 Å². The molecule has 0 aliphatic heterocycles. The van der Waals surface area contributed by atoms with Crippen LogP contribution < -0.4 is 0 Å². The third kappa shape index (κ3) is 3.06. The van der Waals surface area contributed by atoms with Gasteiger partial charge in [0.15, 0.2) is 0 Å². The predicted octanol–water partition coefficient (Wildman–Crippen LogP) is 3.75. The second-order valence-electron chi connectivity index (χ2n) is 4.36. The quantitative estimate of drug-likeness (QED) is 0.612. The number of hydrogen-bond donors (Lipinski definition) is 0. The Morgan fingerprint density at radius 2 is 2.08 bits per heavy atom. The summed E-state index contributed by atoms with van der Waals surface area (Å²) >= 11 is 0. The minimum absolute atomic E-state index is 0.202. The van der Waals surface area contributed by atoms with Gasteiger partial charge in [-0.15, -0.1) is 6.58 Å². The SMILES string of the molecule is C=CC(C)(C)Cc1cccc(C)c1. The summed E-state index contributed by atoms with van der Waals surface area (Å²) in [6.07, 6.45) is 3.09. The molecule has 0 aromatic heterocycles. The van der Waals surface area contributed by atoms with Gasteiger partial charge in [0.2, 0.25) is 0 Å². The fourth-order valence-corrected chi connectivity index (χ4v) is 1.42. The maximum atomic E-state index is 3.85. The lowest BCUT2D eigenvalue weighted by Gasteiger charge is -2.19. The van der Waals surface area contributed by atoms with Crippen LogP contribution in [-0.2, 0) is 6.42 Å². The van der Waals surface area contributed by atoms with E-state index >= 15 is 0 Å². The molecule has 1 aromatic rings. The first-order chi connectivity index (χ1) is 6.03. The van der Waals surface area contributed by atoms with E-state index in [0.717, 1.165) is 6.42 Å². The molecule has 0 radical (unpaired) electrons. The first-order valence-corrected chi connectivity index (χ1v) is 4.73. The molecule has 0 aliphatic carbocycles. The van der Waals surface area contributed by atoms with E-state index in [-0.39, 0.29) is 5.41 Å². The van der Waals surface area contributed by atoms with E-state index in [1.54, 1.807) is 0 Å². The molecule has 0 heterocycles. The average Bonchev–Trinajstić information content (AvgIpc) is 2.03. The van der Waals surface area contributed by atoms with Crippen LogP contribution in [0.25, 0.3) is 0 Å². The molecule has 0 N–H and O–H groups in total. The van der Waals surface area contributed by atoms with Crippen molar-refractivity contribution in [2.45, 2.75) is 27.2 Å². The Morgan fingerprint density at radius 3 is 2.62 bits per heavy atom. The molecule has 0 fully saturated rings. The summed E-state index contributed by atoms with van der Waals surface area (Å²) in [5.74, 6) is 0. The largest absolute Gasteiger partial charge is 0.103 e. The van der Waals surface area contributed by atoms with Crippen LogP contribution in [0.5, 0.6) is 0 Å². The molecule has 0 amide bonds. The van der Waals surface area contributed by atoms with Gasteiger partial charge in [-0.3, -0.25) is 0 Å². The maximum absolute atomic E-state index is 3.85. The minimum atomic E-state index is 0.202.